The lowest BCUT2D eigenvalue weighted by Gasteiger charge is -2.44. The van der Waals surface area contributed by atoms with Crippen LogP contribution in [0.4, 0.5) is 0 Å². The fourth-order valence-corrected chi connectivity index (χ4v) is 17.4. The molecule has 8 aromatic rings. The van der Waals surface area contributed by atoms with Crippen molar-refractivity contribution in [1.82, 2.24) is 15.1 Å². The minimum atomic E-state index is -1.71. The largest absolute Gasteiger partial charge is 0.469 e. The van der Waals surface area contributed by atoms with Crippen molar-refractivity contribution in [3.63, 3.8) is 0 Å². The number of thioether (sulfide) groups is 1. The maximum absolute atomic E-state index is 14.5. The average Bonchev–Trinajstić information content (AvgIpc) is 3.73. The number of piperidine rings is 1. The van der Waals surface area contributed by atoms with Crippen LogP contribution in [-0.2, 0) is 19.1 Å². The summed E-state index contributed by atoms with van der Waals surface area (Å²) in [6, 6.07) is 80.9. The molecule has 372 valence electrons. The first-order valence-electron chi connectivity index (χ1n) is 26.1. The van der Waals surface area contributed by atoms with Crippen LogP contribution in [-0.4, -0.2) is 85.1 Å². The van der Waals surface area contributed by atoms with Crippen molar-refractivity contribution in [2.24, 2.45) is 5.92 Å². The molecule has 8 aromatic carbocycles. The Balaban J connectivity index is 0.897. The minimum Gasteiger partial charge on any atom is -0.469 e. The molecule has 2 heterocycles. The molecule has 2 saturated heterocycles. The van der Waals surface area contributed by atoms with Crippen molar-refractivity contribution in [2.45, 2.75) is 63.1 Å². The molecule has 2 fully saturated rings. The van der Waals surface area contributed by atoms with Crippen LogP contribution in [0, 0.1) is 5.92 Å². The van der Waals surface area contributed by atoms with E-state index in [-0.39, 0.29) is 29.8 Å². The highest BCUT2D eigenvalue weighted by Crippen LogP contribution is 2.67. The standard InChI is InChI=1S/C65H67N3O3S2/c1-71-64(70)63-60(52-38-37-50-23-20-21-24-51(50)47-52)48-56-39-40-61(63)68(56)43-22-42-67(44-45-72-65(53-25-8-2-9-26-53,54-27-10-3-11-28-54)55-29-12-4-13-30-55)49-62(69)66-41-46-73(57-31-14-5-15-32-57,58-33-16-6-17-34-58)59-35-18-7-19-36-59/h2-21,23-38,47,56,60-61,63H,22,39-46,48-49H2,1H3,(H,66,69)/t56?,60-,61?,63+/m1/s1. The quantitative estimate of drug-likeness (QED) is 0.0572. The smallest absolute Gasteiger partial charge is 0.310 e. The van der Waals surface area contributed by atoms with E-state index in [1.165, 1.54) is 47.7 Å². The molecule has 0 saturated carbocycles. The van der Waals surface area contributed by atoms with Crippen molar-refractivity contribution in [3.8, 4) is 0 Å². The van der Waals surface area contributed by atoms with Crippen LogP contribution in [0.2, 0.25) is 0 Å². The Morgan fingerprint density at radius 1 is 0.630 bits per heavy atom. The van der Waals surface area contributed by atoms with Gasteiger partial charge < -0.3 is 10.1 Å². The first-order chi connectivity index (χ1) is 36.0. The number of carbonyl (C=O) groups is 2. The maximum Gasteiger partial charge on any atom is 0.310 e. The Kier molecular flexibility index (Phi) is 16.2. The predicted molar refractivity (Wildman–Crippen MR) is 303 cm³/mol. The van der Waals surface area contributed by atoms with E-state index >= 15 is 0 Å². The number of ether oxygens (including phenoxy) is 1. The third-order valence-electron chi connectivity index (χ3n) is 15.4. The highest BCUT2D eigenvalue weighted by atomic mass is 32.3. The highest BCUT2D eigenvalue weighted by Gasteiger charge is 2.51. The van der Waals surface area contributed by atoms with Crippen molar-refractivity contribution >= 4 is 44.4 Å². The van der Waals surface area contributed by atoms with E-state index in [1.807, 2.05) is 11.8 Å². The number of methoxy groups -OCH3 is 1. The Bertz CT molecular complexity index is 2830. The molecule has 6 nitrogen and oxygen atoms in total. The van der Waals surface area contributed by atoms with Crippen LogP contribution >= 0.6 is 21.8 Å². The second-order valence-corrected chi connectivity index (χ2v) is 24.1. The number of fused-ring (bicyclic) bond motifs is 3. The lowest BCUT2D eigenvalue weighted by atomic mass is 9.75. The van der Waals surface area contributed by atoms with Gasteiger partial charge >= 0.3 is 5.97 Å². The summed E-state index contributed by atoms with van der Waals surface area (Å²) in [5, 5.41) is 5.87. The van der Waals surface area contributed by atoms with Gasteiger partial charge in [-0.1, -0.05) is 188 Å². The molecule has 8 heteroatoms. The molecule has 4 atom stereocenters. The van der Waals surface area contributed by atoms with E-state index in [4.69, 9.17) is 4.74 Å². The van der Waals surface area contributed by atoms with Crippen LogP contribution < -0.4 is 5.32 Å². The number of hydrogen-bond acceptors (Lipinski definition) is 6. The number of hydrogen-bond donors (Lipinski definition) is 1. The first kappa shape index (κ1) is 50.1. The number of nitrogens with one attached hydrogen (secondary N) is 1. The van der Waals surface area contributed by atoms with Gasteiger partial charge in [0.25, 0.3) is 0 Å². The summed E-state index contributed by atoms with van der Waals surface area (Å²) in [7, 11) is -0.170. The Morgan fingerprint density at radius 3 is 1.67 bits per heavy atom. The van der Waals surface area contributed by atoms with Crippen LogP contribution in [0.5, 0.6) is 0 Å². The highest BCUT2D eigenvalue weighted by molar-refractivity contribution is 8.33. The molecule has 2 aliphatic rings. The zero-order valence-corrected chi connectivity index (χ0v) is 43.5. The average molecular weight is 1000 g/mol. The second kappa shape index (κ2) is 23.6. The van der Waals surface area contributed by atoms with Gasteiger partial charge in [-0.3, -0.25) is 19.4 Å². The summed E-state index contributed by atoms with van der Waals surface area (Å²) in [5.74, 6) is 1.37. The number of carbonyl (C=O) groups excluding carboxylic acids is 2. The summed E-state index contributed by atoms with van der Waals surface area (Å²) in [6.07, 6.45) is 3.86. The summed E-state index contributed by atoms with van der Waals surface area (Å²) >= 11 is 1.94. The third kappa shape index (κ3) is 10.8. The van der Waals surface area contributed by atoms with Gasteiger partial charge in [0.2, 0.25) is 5.91 Å². The number of benzene rings is 8. The molecule has 1 amide bonds. The Labute approximate surface area is 438 Å². The molecule has 0 spiro atoms. The molecular weight excluding hydrogens is 935 g/mol. The molecule has 0 radical (unpaired) electrons. The van der Waals surface area contributed by atoms with E-state index in [0.29, 0.717) is 19.1 Å². The fourth-order valence-electron chi connectivity index (χ4n) is 12.1. The Morgan fingerprint density at radius 2 is 1.14 bits per heavy atom. The van der Waals surface area contributed by atoms with Crippen molar-refractivity contribution < 1.29 is 14.3 Å². The summed E-state index contributed by atoms with van der Waals surface area (Å²) < 4.78 is 5.13. The van der Waals surface area contributed by atoms with Crippen LogP contribution in [0.1, 0.15) is 53.9 Å². The van der Waals surface area contributed by atoms with E-state index in [0.717, 1.165) is 56.8 Å². The molecule has 2 bridgehead atoms. The number of amides is 1. The Hall–Kier alpha value is -6.42. The van der Waals surface area contributed by atoms with Crippen molar-refractivity contribution in [1.29, 1.82) is 0 Å². The summed E-state index contributed by atoms with van der Waals surface area (Å²) in [6.45, 7) is 3.17. The van der Waals surface area contributed by atoms with Gasteiger partial charge in [-0.05, 0) is 123 Å². The van der Waals surface area contributed by atoms with Gasteiger partial charge in [0, 0.05) is 42.6 Å². The number of esters is 1. The van der Waals surface area contributed by atoms with Gasteiger partial charge in [-0.25, -0.2) is 0 Å². The van der Waals surface area contributed by atoms with Crippen molar-refractivity contribution in [3.05, 3.63) is 247 Å². The number of rotatable bonds is 21. The zero-order valence-electron chi connectivity index (χ0n) is 41.9. The van der Waals surface area contributed by atoms with E-state index in [2.05, 4.69) is 240 Å². The molecule has 2 aliphatic heterocycles. The van der Waals surface area contributed by atoms with Gasteiger partial charge in [0.05, 0.1) is 24.3 Å². The lowest BCUT2D eigenvalue weighted by Crippen LogP contribution is -2.51. The molecular formula is C65H67N3O3S2. The molecule has 1 N–H and O–H groups in total. The van der Waals surface area contributed by atoms with Crippen LogP contribution in [0.25, 0.3) is 10.8 Å². The fraction of sp³-hybridized carbons (Fsp3) is 0.262. The summed E-state index contributed by atoms with van der Waals surface area (Å²) in [5.41, 5.74) is 4.91. The molecule has 2 unspecified atom stereocenters. The molecule has 0 aliphatic carbocycles. The number of nitrogens with zero attached hydrogens (tertiary/aromatic N) is 2. The van der Waals surface area contributed by atoms with Crippen LogP contribution in [0.15, 0.2) is 239 Å². The van der Waals surface area contributed by atoms with E-state index < -0.39 is 14.8 Å². The topological polar surface area (TPSA) is 61.9 Å². The van der Waals surface area contributed by atoms with Gasteiger partial charge in [-0.15, -0.1) is 11.8 Å². The van der Waals surface area contributed by atoms with Gasteiger partial charge in [0.15, 0.2) is 0 Å². The monoisotopic (exact) mass is 1000 g/mol. The van der Waals surface area contributed by atoms with E-state index in [1.54, 1.807) is 7.11 Å². The second-order valence-electron chi connectivity index (χ2n) is 19.5. The predicted octanol–water partition coefficient (Wildman–Crippen LogP) is 13.5. The molecule has 10 rings (SSSR count). The minimum absolute atomic E-state index is 0.0370. The maximum atomic E-state index is 14.5. The lowest BCUT2D eigenvalue weighted by molar-refractivity contribution is -0.150. The molecule has 73 heavy (non-hydrogen) atoms. The SMILES string of the molecule is COC(=O)[C@@H]1C2CCC(C[C@@H]1c1ccc3ccccc3c1)N2CCCN(CCSC(c1ccccc1)(c1ccccc1)c1ccccc1)CC(=O)NCCS(c1ccccc1)(c1ccccc1)c1ccccc1. The normalized spacial score (nSPS) is 18.1. The zero-order chi connectivity index (χ0) is 49.9. The first-order valence-corrected chi connectivity index (χ1v) is 28.8. The van der Waals surface area contributed by atoms with Gasteiger partial charge in [-0.2, -0.15) is 10.0 Å². The van der Waals surface area contributed by atoms with Crippen LogP contribution in [0.3, 0.4) is 0 Å². The van der Waals surface area contributed by atoms with E-state index in [9.17, 15) is 9.59 Å². The summed E-state index contributed by atoms with van der Waals surface area (Å²) in [4.78, 5) is 37.2. The molecule has 0 aromatic heterocycles. The van der Waals surface area contributed by atoms with Gasteiger partial charge in [0.1, 0.15) is 0 Å². The van der Waals surface area contributed by atoms with Crippen molar-refractivity contribution in [2.75, 3.05) is 51.3 Å². The third-order valence-corrected chi connectivity index (χ3v) is 21.0.